The van der Waals surface area contributed by atoms with E-state index in [1.165, 1.54) is 5.56 Å². The monoisotopic (exact) mass is 402 g/mol. The van der Waals surface area contributed by atoms with Crippen molar-refractivity contribution in [2.45, 2.75) is 64.8 Å². The van der Waals surface area contributed by atoms with E-state index in [4.69, 9.17) is 4.98 Å². The lowest BCUT2D eigenvalue weighted by molar-refractivity contribution is -0.121. The fraction of sp³-hybridized carbons (Fsp3) is 0.400. The zero-order valence-corrected chi connectivity index (χ0v) is 17.3. The molecule has 6 rings (SSSR count). The molecule has 0 bridgehead atoms. The molecular weight excluding hydrogens is 379 g/mol. The molecule has 1 unspecified atom stereocenters. The van der Waals surface area contributed by atoms with Crippen molar-refractivity contribution in [3.8, 4) is 11.4 Å². The van der Waals surface area contributed by atoms with Gasteiger partial charge >= 0.3 is 0 Å². The van der Waals surface area contributed by atoms with Crippen LogP contribution in [0.2, 0.25) is 0 Å². The summed E-state index contributed by atoms with van der Waals surface area (Å²) in [5.41, 5.74) is 8.07. The van der Waals surface area contributed by atoms with Gasteiger partial charge in [-0.05, 0) is 67.3 Å². The van der Waals surface area contributed by atoms with Crippen molar-refractivity contribution in [1.82, 2.24) is 9.55 Å². The van der Waals surface area contributed by atoms with Crippen LogP contribution in [0.1, 0.15) is 65.5 Å². The van der Waals surface area contributed by atoms with Gasteiger partial charge in [0.2, 0.25) is 0 Å². The lowest BCUT2D eigenvalue weighted by Gasteiger charge is -2.24. The molecule has 30 heavy (non-hydrogen) atoms. The van der Waals surface area contributed by atoms with Gasteiger partial charge in [-0.2, -0.15) is 0 Å². The number of fused-ring (bicyclic) bond motifs is 5. The van der Waals surface area contributed by atoms with E-state index in [-0.39, 0.29) is 23.1 Å². The maximum atomic E-state index is 14.6. The van der Waals surface area contributed by atoms with Crippen LogP contribution in [0, 0.1) is 12.7 Å². The molecule has 0 saturated carbocycles. The predicted octanol–water partition coefficient (Wildman–Crippen LogP) is 4.37. The Morgan fingerprint density at radius 3 is 2.67 bits per heavy atom. The lowest BCUT2D eigenvalue weighted by atomic mass is 9.80. The van der Waals surface area contributed by atoms with Crippen LogP contribution < -0.4 is 5.56 Å². The largest absolute Gasteiger partial charge is 0.302 e. The zero-order valence-electron chi connectivity index (χ0n) is 17.3. The first kappa shape index (κ1) is 18.0. The summed E-state index contributed by atoms with van der Waals surface area (Å²) < 4.78 is 16.4. The van der Waals surface area contributed by atoms with Gasteiger partial charge in [0.05, 0.1) is 23.4 Å². The van der Waals surface area contributed by atoms with Crippen LogP contribution in [-0.4, -0.2) is 15.3 Å². The SMILES string of the molecule is CCC1C(=O)CCc2c1cc1n(c2=O)Cc2c-1nc1cc(F)c(C)c3c1c2CCC3. The molecule has 0 amide bonds. The standard InChI is InChI=1S/C25H23FN2O2/c1-3-13-17-9-21-24-18(11-28(21)25(30)16(17)7-8-22(13)29)15-6-4-5-14-12(2)19(26)10-20(27-24)23(14)15/h9-10,13H,3-8,11H2,1-2H3. The molecule has 3 aromatic rings. The normalized spacial score (nSPS) is 19.0. The average Bonchev–Trinajstić information content (AvgIpc) is 3.11. The number of Topliss-reactive ketones (excluding diaryl/α,β-unsaturated/α-hetero) is 1. The fourth-order valence-electron chi connectivity index (χ4n) is 5.93. The van der Waals surface area contributed by atoms with E-state index in [1.807, 2.05) is 24.5 Å². The van der Waals surface area contributed by atoms with Crippen LogP contribution in [0.3, 0.4) is 0 Å². The van der Waals surface area contributed by atoms with E-state index in [2.05, 4.69) is 0 Å². The first-order valence-corrected chi connectivity index (χ1v) is 10.9. The average molecular weight is 402 g/mol. The summed E-state index contributed by atoms with van der Waals surface area (Å²) in [4.78, 5) is 30.7. The number of aryl methyl sites for hydroxylation is 2. The van der Waals surface area contributed by atoms with Gasteiger partial charge in [0.15, 0.2) is 0 Å². The zero-order chi connectivity index (χ0) is 20.7. The Balaban J connectivity index is 1.67. The molecule has 0 fully saturated rings. The van der Waals surface area contributed by atoms with E-state index < -0.39 is 0 Å². The highest BCUT2D eigenvalue weighted by Crippen LogP contribution is 2.42. The Morgan fingerprint density at radius 2 is 1.87 bits per heavy atom. The molecule has 5 heteroatoms. The smallest absolute Gasteiger partial charge is 0.254 e. The third-order valence-corrected chi connectivity index (χ3v) is 7.46. The predicted molar refractivity (Wildman–Crippen MR) is 114 cm³/mol. The molecule has 1 atom stereocenters. The molecule has 1 aliphatic heterocycles. The molecule has 0 spiro atoms. The highest BCUT2D eigenvalue weighted by Gasteiger charge is 2.34. The van der Waals surface area contributed by atoms with E-state index >= 15 is 0 Å². The molecule has 2 aliphatic carbocycles. The van der Waals surface area contributed by atoms with Crippen LogP contribution in [0.25, 0.3) is 22.3 Å². The minimum atomic E-state index is -0.213. The van der Waals surface area contributed by atoms with E-state index in [0.29, 0.717) is 31.3 Å². The number of ketones is 1. The lowest BCUT2D eigenvalue weighted by Crippen LogP contribution is -2.31. The summed E-state index contributed by atoms with van der Waals surface area (Å²) >= 11 is 0. The number of halogens is 1. The van der Waals surface area contributed by atoms with Crippen LogP contribution in [-0.2, 0) is 30.6 Å². The molecule has 2 aromatic heterocycles. The minimum Gasteiger partial charge on any atom is -0.302 e. The number of aromatic nitrogens is 2. The molecule has 1 aromatic carbocycles. The van der Waals surface area contributed by atoms with Gasteiger partial charge in [-0.3, -0.25) is 9.59 Å². The molecule has 0 N–H and O–H groups in total. The van der Waals surface area contributed by atoms with Crippen LogP contribution in [0.4, 0.5) is 4.39 Å². The Labute approximate surface area is 173 Å². The minimum absolute atomic E-state index is 0.0149. The second-order valence-electron chi connectivity index (χ2n) is 8.91. The summed E-state index contributed by atoms with van der Waals surface area (Å²) in [5, 5.41) is 1.09. The molecular formula is C25H23FN2O2. The summed E-state index contributed by atoms with van der Waals surface area (Å²) in [6.45, 7) is 4.37. The molecule has 4 nitrogen and oxygen atoms in total. The summed E-state index contributed by atoms with van der Waals surface area (Å²) in [5.74, 6) is -0.200. The van der Waals surface area contributed by atoms with Crippen molar-refractivity contribution in [2.75, 3.05) is 0 Å². The second kappa shape index (κ2) is 6.10. The van der Waals surface area contributed by atoms with Crippen LogP contribution in [0.15, 0.2) is 16.9 Å². The van der Waals surface area contributed by atoms with Gasteiger partial charge in [-0.1, -0.05) is 6.92 Å². The number of hydrogen-bond acceptors (Lipinski definition) is 3. The summed E-state index contributed by atoms with van der Waals surface area (Å²) in [6.07, 6.45) is 4.45. The first-order chi connectivity index (χ1) is 14.5. The number of carbonyl (C=O) groups is 1. The maximum absolute atomic E-state index is 14.6. The molecule has 3 heterocycles. The van der Waals surface area contributed by atoms with Crippen molar-refractivity contribution in [3.63, 3.8) is 0 Å². The maximum Gasteiger partial charge on any atom is 0.254 e. The van der Waals surface area contributed by atoms with Crippen molar-refractivity contribution < 1.29 is 9.18 Å². The molecule has 152 valence electrons. The molecule has 3 aliphatic rings. The van der Waals surface area contributed by atoms with Crippen molar-refractivity contribution in [3.05, 3.63) is 61.7 Å². The molecule has 0 radical (unpaired) electrons. The Bertz CT molecular complexity index is 1350. The number of nitrogens with zero attached hydrogens (tertiary/aromatic N) is 2. The van der Waals surface area contributed by atoms with E-state index in [1.54, 1.807) is 6.07 Å². The van der Waals surface area contributed by atoms with Crippen molar-refractivity contribution in [2.24, 2.45) is 0 Å². The van der Waals surface area contributed by atoms with Crippen LogP contribution >= 0.6 is 0 Å². The number of benzene rings is 1. The Kier molecular flexibility index (Phi) is 3.66. The molecule has 0 saturated heterocycles. The van der Waals surface area contributed by atoms with Gasteiger partial charge in [0.1, 0.15) is 11.6 Å². The number of rotatable bonds is 1. The Morgan fingerprint density at radius 1 is 1.07 bits per heavy atom. The van der Waals surface area contributed by atoms with Crippen LogP contribution in [0.5, 0.6) is 0 Å². The third-order valence-electron chi connectivity index (χ3n) is 7.46. The quantitative estimate of drug-likeness (QED) is 0.475. The van der Waals surface area contributed by atoms with E-state index in [9.17, 15) is 14.0 Å². The van der Waals surface area contributed by atoms with Gasteiger partial charge in [0.25, 0.3) is 5.56 Å². The first-order valence-electron chi connectivity index (χ1n) is 10.9. The van der Waals surface area contributed by atoms with Gasteiger partial charge in [-0.15, -0.1) is 0 Å². The highest BCUT2D eigenvalue weighted by molar-refractivity contribution is 5.93. The van der Waals surface area contributed by atoms with Crippen molar-refractivity contribution in [1.29, 1.82) is 0 Å². The topological polar surface area (TPSA) is 52.0 Å². The Hall–Kier alpha value is -2.82. The fourth-order valence-corrected chi connectivity index (χ4v) is 5.93. The summed E-state index contributed by atoms with van der Waals surface area (Å²) in [7, 11) is 0. The van der Waals surface area contributed by atoms with Gasteiger partial charge < -0.3 is 4.57 Å². The second-order valence-corrected chi connectivity index (χ2v) is 8.91. The third kappa shape index (κ3) is 2.18. The number of hydrogen-bond donors (Lipinski definition) is 0. The van der Waals surface area contributed by atoms with Gasteiger partial charge in [-0.25, -0.2) is 9.37 Å². The van der Waals surface area contributed by atoms with Gasteiger partial charge in [0, 0.05) is 34.9 Å². The van der Waals surface area contributed by atoms with Crippen molar-refractivity contribution >= 4 is 16.7 Å². The number of pyridine rings is 2. The summed E-state index contributed by atoms with van der Waals surface area (Å²) in [6, 6.07) is 3.56. The number of carbonyl (C=O) groups excluding carboxylic acids is 1. The van der Waals surface area contributed by atoms with E-state index in [0.717, 1.165) is 63.9 Å². The highest BCUT2D eigenvalue weighted by atomic mass is 19.1.